The van der Waals surface area contributed by atoms with Crippen LogP contribution in [0.4, 0.5) is 10.5 Å². The van der Waals surface area contributed by atoms with E-state index in [2.05, 4.69) is 11.4 Å². The Kier molecular flexibility index (Phi) is 4.34. The molecule has 0 bridgehead atoms. The van der Waals surface area contributed by atoms with Crippen molar-refractivity contribution in [1.82, 2.24) is 4.90 Å². The molecule has 0 aliphatic heterocycles. The predicted molar refractivity (Wildman–Crippen MR) is 63.1 cm³/mol. The Morgan fingerprint density at radius 2 is 2.06 bits per heavy atom. The normalized spacial score (nSPS) is 9.31. The standard InChI is InChI=1S/C12H15N3O/c1-3-15(2)12(16)14-11-6-4-10(5-7-11)8-9-13/h4-7H,3,8H2,1-2H3,(H,14,16). The van der Waals surface area contributed by atoms with Gasteiger partial charge in [0.1, 0.15) is 0 Å². The molecule has 16 heavy (non-hydrogen) atoms. The third-order valence-electron chi connectivity index (χ3n) is 2.31. The van der Waals surface area contributed by atoms with E-state index in [1.807, 2.05) is 19.1 Å². The molecule has 0 radical (unpaired) electrons. The second-order valence-electron chi connectivity index (χ2n) is 3.48. The van der Waals surface area contributed by atoms with Crippen molar-refractivity contribution in [2.75, 3.05) is 18.9 Å². The third-order valence-corrected chi connectivity index (χ3v) is 2.31. The first-order valence-electron chi connectivity index (χ1n) is 5.15. The summed E-state index contributed by atoms with van der Waals surface area (Å²) in [7, 11) is 1.74. The fourth-order valence-electron chi connectivity index (χ4n) is 1.16. The minimum absolute atomic E-state index is 0.129. The summed E-state index contributed by atoms with van der Waals surface area (Å²) in [4.78, 5) is 13.1. The largest absolute Gasteiger partial charge is 0.328 e. The molecule has 0 aliphatic carbocycles. The van der Waals surface area contributed by atoms with E-state index in [9.17, 15) is 4.79 Å². The number of hydrogen-bond acceptors (Lipinski definition) is 2. The highest BCUT2D eigenvalue weighted by Gasteiger charge is 2.05. The van der Waals surface area contributed by atoms with Crippen LogP contribution >= 0.6 is 0 Å². The van der Waals surface area contributed by atoms with E-state index < -0.39 is 0 Å². The summed E-state index contributed by atoms with van der Waals surface area (Å²) in [5.41, 5.74) is 1.69. The first kappa shape index (κ1) is 12.1. The number of carbonyl (C=O) groups is 1. The smallest absolute Gasteiger partial charge is 0.321 e. The van der Waals surface area contributed by atoms with Gasteiger partial charge in [0.05, 0.1) is 12.5 Å². The average molecular weight is 217 g/mol. The number of carbonyl (C=O) groups excluding carboxylic acids is 1. The van der Waals surface area contributed by atoms with Crippen molar-refractivity contribution < 1.29 is 4.79 Å². The number of nitrogens with zero attached hydrogens (tertiary/aromatic N) is 2. The first-order valence-corrected chi connectivity index (χ1v) is 5.15. The molecule has 0 fully saturated rings. The van der Waals surface area contributed by atoms with Crippen LogP contribution in [0, 0.1) is 11.3 Å². The molecule has 0 saturated carbocycles. The number of urea groups is 1. The zero-order chi connectivity index (χ0) is 12.0. The highest BCUT2D eigenvalue weighted by atomic mass is 16.2. The summed E-state index contributed by atoms with van der Waals surface area (Å²) in [6.45, 7) is 2.58. The fourth-order valence-corrected chi connectivity index (χ4v) is 1.16. The van der Waals surface area contributed by atoms with Crippen molar-refractivity contribution in [3.05, 3.63) is 29.8 Å². The van der Waals surface area contributed by atoms with Gasteiger partial charge in [0, 0.05) is 19.3 Å². The molecule has 1 rings (SSSR count). The molecule has 0 aliphatic rings. The Balaban J connectivity index is 2.62. The molecule has 1 aromatic carbocycles. The highest BCUT2D eigenvalue weighted by Crippen LogP contribution is 2.10. The minimum atomic E-state index is -0.129. The van der Waals surface area contributed by atoms with Gasteiger partial charge < -0.3 is 10.2 Å². The molecule has 0 saturated heterocycles. The van der Waals surface area contributed by atoms with Gasteiger partial charge in [0.15, 0.2) is 0 Å². The van der Waals surface area contributed by atoms with Gasteiger partial charge in [0.2, 0.25) is 0 Å². The van der Waals surface area contributed by atoms with Crippen LogP contribution in [0.2, 0.25) is 0 Å². The number of nitrogens with one attached hydrogen (secondary N) is 1. The average Bonchev–Trinajstić information content (AvgIpc) is 2.31. The lowest BCUT2D eigenvalue weighted by molar-refractivity contribution is 0.224. The maximum absolute atomic E-state index is 11.5. The lowest BCUT2D eigenvalue weighted by Gasteiger charge is -2.15. The van der Waals surface area contributed by atoms with Gasteiger partial charge in [-0.3, -0.25) is 0 Å². The molecule has 4 heteroatoms. The predicted octanol–water partition coefficient (Wildman–Crippen LogP) is 2.24. The SMILES string of the molecule is CCN(C)C(=O)Nc1ccc(CC#N)cc1. The fraction of sp³-hybridized carbons (Fsp3) is 0.333. The Labute approximate surface area is 95.5 Å². The van der Waals surface area contributed by atoms with Gasteiger partial charge in [0.25, 0.3) is 0 Å². The highest BCUT2D eigenvalue weighted by molar-refractivity contribution is 5.89. The summed E-state index contributed by atoms with van der Waals surface area (Å²) in [6, 6.07) is 9.22. The van der Waals surface area contributed by atoms with Crippen molar-refractivity contribution >= 4 is 11.7 Å². The van der Waals surface area contributed by atoms with E-state index in [0.717, 1.165) is 11.3 Å². The van der Waals surface area contributed by atoms with Crippen molar-refractivity contribution in [2.45, 2.75) is 13.3 Å². The molecule has 0 spiro atoms. The van der Waals surface area contributed by atoms with Crippen LogP contribution < -0.4 is 5.32 Å². The van der Waals surface area contributed by atoms with Crippen LogP contribution in [0.3, 0.4) is 0 Å². The number of hydrogen-bond donors (Lipinski definition) is 1. The van der Waals surface area contributed by atoms with Crippen molar-refractivity contribution in [1.29, 1.82) is 5.26 Å². The van der Waals surface area contributed by atoms with E-state index in [4.69, 9.17) is 5.26 Å². The lowest BCUT2D eigenvalue weighted by atomic mass is 10.1. The molecule has 0 atom stereocenters. The molecule has 4 nitrogen and oxygen atoms in total. The van der Waals surface area contributed by atoms with Crippen LogP contribution in [0.15, 0.2) is 24.3 Å². The number of benzene rings is 1. The Morgan fingerprint density at radius 1 is 1.44 bits per heavy atom. The number of amides is 2. The summed E-state index contributed by atoms with van der Waals surface area (Å²) in [6.07, 6.45) is 0.392. The second-order valence-corrected chi connectivity index (χ2v) is 3.48. The summed E-state index contributed by atoms with van der Waals surface area (Å²) in [5, 5.41) is 11.3. The van der Waals surface area contributed by atoms with Gasteiger partial charge in [-0.25, -0.2) is 4.79 Å². The number of anilines is 1. The van der Waals surface area contributed by atoms with Crippen LogP contribution in [-0.4, -0.2) is 24.5 Å². The molecular formula is C12H15N3O. The molecule has 1 aromatic rings. The summed E-state index contributed by atoms with van der Waals surface area (Å²) < 4.78 is 0. The van der Waals surface area contributed by atoms with Crippen LogP contribution in [0.5, 0.6) is 0 Å². The maximum atomic E-state index is 11.5. The van der Waals surface area contributed by atoms with Crippen LogP contribution in [-0.2, 0) is 6.42 Å². The van der Waals surface area contributed by atoms with Gasteiger partial charge in [-0.15, -0.1) is 0 Å². The van der Waals surface area contributed by atoms with Gasteiger partial charge in [-0.2, -0.15) is 5.26 Å². The molecule has 84 valence electrons. The number of rotatable bonds is 3. The first-order chi connectivity index (χ1) is 7.67. The molecule has 0 aromatic heterocycles. The van der Waals surface area contributed by atoms with Gasteiger partial charge in [-0.1, -0.05) is 12.1 Å². The zero-order valence-corrected chi connectivity index (χ0v) is 9.53. The second kappa shape index (κ2) is 5.76. The van der Waals surface area contributed by atoms with Crippen LogP contribution in [0.1, 0.15) is 12.5 Å². The van der Waals surface area contributed by atoms with E-state index in [1.54, 1.807) is 24.1 Å². The quantitative estimate of drug-likeness (QED) is 0.844. The third kappa shape index (κ3) is 3.28. The Morgan fingerprint density at radius 3 is 2.56 bits per heavy atom. The summed E-state index contributed by atoms with van der Waals surface area (Å²) >= 11 is 0. The van der Waals surface area contributed by atoms with Crippen molar-refractivity contribution in [3.8, 4) is 6.07 Å². The lowest BCUT2D eigenvalue weighted by Crippen LogP contribution is -2.30. The molecular weight excluding hydrogens is 202 g/mol. The Hall–Kier alpha value is -2.02. The molecule has 0 unspecified atom stereocenters. The zero-order valence-electron chi connectivity index (χ0n) is 9.53. The molecule has 2 amide bonds. The van der Waals surface area contributed by atoms with Crippen molar-refractivity contribution in [3.63, 3.8) is 0 Å². The van der Waals surface area contributed by atoms with Gasteiger partial charge in [-0.05, 0) is 24.6 Å². The van der Waals surface area contributed by atoms with E-state index in [-0.39, 0.29) is 6.03 Å². The maximum Gasteiger partial charge on any atom is 0.321 e. The van der Waals surface area contributed by atoms with E-state index in [1.165, 1.54) is 0 Å². The van der Waals surface area contributed by atoms with Crippen molar-refractivity contribution in [2.24, 2.45) is 0 Å². The monoisotopic (exact) mass is 217 g/mol. The topological polar surface area (TPSA) is 56.1 Å². The summed E-state index contributed by atoms with van der Waals surface area (Å²) in [5.74, 6) is 0. The Bertz CT molecular complexity index is 392. The van der Waals surface area contributed by atoms with Crippen LogP contribution in [0.25, 0.3) is 0 Å². The molecule has 0 heterocycles. The van der Waals surface area contributed by atoms with E-state index >= 15 is 0 Å². The van der Waals surface area contributed by atoms with Gasteiger partial charge >= 0.3 is 6.03 Å². The van der Waals surface area contributed by atoms with E-state index in [0.29, 0.717) is 13.0 Å². The minimum Gasteiger partial charge on any atom is -0.328 e. The molecule has 1 N–H and O–H groups in total. The number of nitriles is 1.